The maximum absolute atomic E-state index is 10.7. The third-order valence-corrected chi connectivity index (χ3v) is 2.56. The van der Waals surface area contributed by atoms with E-state index in [4.69, 9.17) is 10.8 Å². The molecule has 4 heteroatoms. The Morgan fingerprint density at radius 3 is 2.77 bits per heavy atom. The largest absolute Gasteiger partial charge is 0.478 e. The highest BCUT2D eigenvalue weighted by Crippen LogP contribution is 2.22. The first kappa shape index (κ1) is 10.2. The van der Waals surface area contributed by atoms with Crippen LogP contribution in [-0.2, 0) is 4.79 Å². The fourth-order valence-corrected chi connectivity index (χ4v) is 1.90. The third kappa shape index (κ3) is 2.08. The first-order valence-electron chi connectivity index (χ1n) is 4.43. The van der Waals surface area contributed by atoms with Crippen molar-refractivity contribution in [3.63, 3.8) is 0 Å². The van der Waals surface area contributed by atoms with Crippen molar-refractivity contribution in [3.8, 4) is 0 Å². The van der Waals surface area contributed by atoms with Gasteiger partial charge in [-0.2, -0.15) is 0 Å². The van der Waals surface area contributed by atoms with Gasteiger partial charge in [-0.3, -0.25) is 0 Å². The van der Waals surface area contributed by atoms with Crippen LogP contribution in [0.4, 0.5) is 0 Å². The van der Waals surface area contributed by atoms with E-state index in [0.717, 1.165) is 0 Å². The van der Waals surface area contributed by atoms with Crippen LogP contribution < -0.4 is 11.1 Å². The SMILES string of the molecule is CN[C@H]1[C@H](C)C=C(C(=O)O)C[C@@H]1N. The Labute approximate surface area is 77.8 Å². The molecule has 0 aromatic heterocycles. The zero-order valence-electron chi connectivity index (χ0n) is 7.95. The molecule has 0 spiro atoms. The molecule has 3 atom stereocenters. The predicted molar refractivity (Wildman–Crippen MR) is 50.3 cm³/mol. The van der Waals surface area contributed by atoms with Crippen molar-refractivity contribution in [2.24, 2.45) is 11.7 Å². The van der Waals surface area contributed by atoms with Crippen LogP contribution in [0.25, 0.3) is 0 Å². The fraction of sp³-hybridized carbons (Fsp3) is 0.667. The summed E-state index contributed by atoms with van der Waals surface area (Å²) in [6, 6.07) is 0.0826. The van der Waals surface area contributed by atoms with Crippen LogP contribution in [0.2, 0.25) is 0 Å². The monoisotopic (exact) mass is 184 g/mol. The van der Waals surface area contributed by atoms with E-state index in [0.29, 0.717) is 12.0 Å². The highest BCUT2D eigenvalue weighted by atomic mass is 16.4. The highest BCUT2D eigenvalue weighted by molar-refractivity contribution is 5.87. The molecule has 0 amide bonds. The molecule has 0 aliphatic heterocycles. The normalized spacial score (nSPS) is 34.1. The molecule has 1 aliphatic rings. The van der Waals surface area contributed by atoms with Crippen molar-refractivity contribution in [3.05, 3.63) is 11.6 Å². The summed E-state index contributed by atoms with van der Waals surface area (Å²) in [5, 5.41) is 11.9. The maximum Gasteiger partial charge on any atom is 0.331 e. The van der Waals surface area contributed by atoms with Gasteiger partial charge in [-0.15, -0.1) is 0 Å². The zero-order valence-corrected chi connectivity index (χ0v) is 7.95. The molecule has 0 heterocycles. The number of nitrogens with one attached hydrogen (secondary N) is 1. The summed E-state index contributed by atoms with van der Waals surface area (Å²) in [5.74, 6) is -0.670. The standard InChI is InChI=1S/C9H16N2O2/c1-5-3-6(9(12)13)4-7(10)8(5)11-2/h3,5,7-8,11H,4,10H2,1-2H3,(H,12,13)/t5-,7+,8+/m1/s1. The van der Waals surface area contributed by atoms with E-state index in [1.807, 2.05) is 14.0 Å². The molecule has 4 N–H and O–H groups in total. The minimum atomic E-state index is -0.850. The zero-order chi connectivity index (χ0) is 10.0. The van der Waals surface area contributed by atoms with Gasteiger partial charge in [0, 0.05) is 17.7 Å². The van der Waals surface area contributed by atoms with Gasteiger partial charge in [0.05, 0.1) is 0 Å². The number of hydrogen-bond acceptors (Lipinski definition) is 3. The Morgan fingerprint density at radius 2 is 2.38 bits per heavy atom. The van der Waals surface area contributed by atoms with E-state index in [-0.39, 0.29) is 18.0 Å². The second-order valence-corrected chi connectivity index (χ2v) is 3.54. The molecule has 0 saturated carbocycles. The van der Waals surface area contributed by atoms with Gasteiger partial charge >= 0.3 is 5.97 Å². The number of carboxylic acid groups (broad SMARTS) is 1. The third-order valence-electron chi connectivity index (χ3n) is 2.56. The van der Waals surface area contributed by atoms with Crippen LogP contribution in [0.15, 0.2) is 11.6 Å². The molecule has 1 aliphatic carbocycles. The summed E-state index contributed by atoms with van der Waals surface area (Å²) in [4.78, 5) is 10.7. The molecule has 0 aromatic rings. The van der Waals surface area contributed by atoms with E-state index in [9.17, 15) is 4.79 Å². The quantitative estimate of drug-likeness (QED) is 0.562. The van der Waals surface area contributed by atoms with Gasteiger partial charge in [0.2, 0.25) is 0 Å². The highest BCUT2D eigenvalue weighted by Gasteiger charge is 2.29. The van der Waals surface area contributed by atoms with Crippen LogP contribution in [0.3, 0.4) is 0 Å². The molecule has 74 valence electrons. The Morgan fingerprint density at radius 1 is 1.77 bits per heavy atom. The van der Waals surface area contributed by atoms with Crippen molar-refractivity contribution in [1.82, 2.24) is 5.32 Å². The Hall–Kier alpha value is -0.870. The van der Waals surface area contributed by atoms with Gasteiger partial charge in [-0.25, -0.2) is 4.79 Å². The van der Waals surface area contributed by atoms with Crippen LogP contribution in [0, 0.1) is 5.92 Å². The van der Waals surface area contributed by atoms with Crippen LogP contribution in [0.5, 0.6) is 0 Å². The summed E-state index contributed by atoms with van der Waals surface area (Å²) in [7, 11) is 1.85. The van der Waals surface area contributed by atoms with Crippen LogP contribution in [-0.4, -0.2) is 30.2 Å². The molecular formula is C9H16N2O2. The van der Waals surface area contributed by atoms with E-state index in [1.165, 1.54) is 0 Å². The topological polar surface area (TPSA) is 75.3 Å². The Balaban J connectivity index is 2.81. The fourth-order valence-electron chi connectivity index (χ4n) is 1.90. The lowest BCUT2D eigenvalue weighted by atomic mass is 9.84. The number of carboxylic acids is 1. The van der Waals surface area contributed by atoms with Crippen molar-refractivity contribution in [2.45, 2.75) is 25.4 Å². The van der Waals surface area contributed by atoms with Gasteiger partial charge in [0.15, 0.2) is 0 Å². The molecule has 1 rings (SSSR count). The van der Waals surface area contributed by atoms with Gasteiger partial charge in [-0.1, -0.05) is 13.0 Å². The van der Waals surface area contributed by atoms with Gasteiger partial charge in [-0.05, 0) is 19.4 Å². The average Bonchev–Trinajstić information content (AvgIpc) is 2.03. The van der Waals surface area contributed by atoms with Gasteiger partial charge in [0.1, 0.15) is 0 Å². The number of carbonyl (C=O) groups is 1. The second kappa shape index (κ2) is 3.89. The lowest BCUT2D eigenvalue weighted by molar-refractivity contribution is -0.133. The first-order valence-corrected chi connectivity index (χ1v) is 4.43. The molecule has 0 fully saturated rings. The average molecular weight is 184 g/mol. The van der Waals surface area contributed by atoms with Crippen molar-refractivity contribution < 1.29 is 9.90 Å². The summed E-state index contributed by atoms with van der Waals surface area (Å²) in [6.07, 6.45) is 2.23. The van der Waals surface area contributed by atoms with Crippen molar-refractivity contribution in [1.29, 1.82) is 0 Å². The molecule has 0 aromatic carbocycles. The van der Waals surface area contributed by atoms with E-state index < -0.39 is 5.97 Å². The van der Waals surface area contributed by atoms with E-state index >= 15 is 0 Å². The minimum absolute atomic E-state index is 0.101. The van der Waals surface area contributed by atoms with E-state index in [2.05, 4.69) is 5.32 Å². The summed E-state index contributed by atoms with van der Waals surface area (Å²) >= 11 is 0. The summed E-state index contributed by atoms with van der Waals surface area (Å²) < 4.78 is 0. The number of likely N-dealkylation sites (N-methyl/N-ethyl adjacent to an activating group) is 1. The Kier molecular flexibility index (Phi) is 3.06. The smallest absolute Gasteiger partial charge is 0.331 e. The van der Waals surface area contributed by atoms with Crippen molar-refractivity contribution >= 4 is 5.97 Å². The second-order valence-electron chi connectivity index (χ2n) is 3.54. The van der Waals surface area contributed by atoms with Crippen molar-refractivity contribution in [2.75, 3.05) is 7.05 Å². The predicted octanol–water partition coefficient (Wildman–Crippen LogP) is -0.0475. The van der Waals surface area contributed by atoms with Gasteiger partial charge in [0.25, 0.3) is 0 Å². The molecular weight excluding hydrogens is 168 g/mol. The molecule has 0 unspecified atom stereocenters. The lowest BCUT2D eigenvalue weighted by Gasteiger charge is -2.32. The van der Waals surface area contributed by atoms with E-state index in [1.54, 1.807) is 6.08 Å². The lowest BCUT2D eigenvalue weighted by Crippen LogP contribution is -2.49. The Bertz CT molecular complexity index is 238. The summed E-state index contributed by atoms with van der Waals surface area (Å²) in [5.41, 5.74) is 6.28. The minimum Gasteiger partial charge on any atom is -0.478 e. The molecule has 0 radical (unpaired) electrons. The number of hydrogen-bond donors (Lipinski definition) is 3. The molecule has 13 heavy (non-hydrogen) atoms. The van der Waals surface area contributed by atoms with Crippen LogP contribution >= 0.6 is 0 Å². The molecule has 0 bridgehead atoms. The number of nitrogens with two attached hydrogens (primary N) is 1. The number of rotatable bonds is 2. The molecule has 0 saturated heterocycles. The maximum atomic E-state index is 10.7. The number of aliphatic carboxylic acids is 1. The first-order chi connectivity index (χ1) is 6.06. The van der Waals surface area contributed by atoms with Gasteiger partial charge < -0.3 is 16.2 Å². The molecule has 4 nitrogen and oxygen atoms in total. The summed E-state index contributed by atoms with van der Waals surface area (Å²) in [6.45, 7) is 1.98. The van der Waals surface area contributed by atoms with Crippen LogP contribution in [0.1, 0.15) is 13.3 Å².